The predicted molar refractivity (Wildman–Crippen MR) is 122 cm³/mol. The first kappa shape index (κ1) is 22.2. The number of hydrogen-bond donors (Lipinski definition) is 2. The van der Waals surface area contributed by atoms with Crippen LogP contribution in [0.5, 0.6) is 5.75 Å². The average Bonchev–Trinajstić information content (AvgIpc) is 2.78. The summed E-state index contributed by atoms with van der Waals surface area (Å²) >= 11 is 0. The van der Waals surface area contributed by atoms with Gasteiger partial charge in [0.1, 0.15) is 5.75 Å². The molecule has 7 heteroatoms. The van der Waals surface area contributed by atoms with Crippen molar-refractivity contribution < 1.29 is 9.90 Å². The van der Waals surface area contributed by atoms with Gasteiger partial charge in [0.25, 0.3) is 5.91 Å². The molecule has 3 rings (SSSR count). The Hall–Kier alpha value is -3.47. The van der Waals surface area contributed by atoms with E-state index in [2.05, 4.69) is 31.8 Å². The molecule has 1 aliphatic heterocycles. The van der Waals surface area contributed by atoms with Gasteiger partial charge in [-0.25, -0.2) is 10.3 Å². The minimum absolute atomic E-state index is 0.153. The van der Waals surface area contributed by atoms with Crippen LogP contribution in [0.1, 0.15) is 16.7 Å². The number of aromatic hydroxyl groups is 1. The zero-order valence-corrected chi connectivity index (χ0v) is 17.5. The zero-order chi connectivity index (χ0) is 22.1. The number of para-hydroxylation sites is 1. The molecule has 0 aliphatic carbocycles. The molecule has 0 saturated carbocycles. The molecule has 2 N–H and O–H groups in total. The molecule has 2 aromatic rings. The predicted octanol–water partition coefficient (Wildman–Crippen LogP) is 2.94. The molecule has 0 spiro atoms. The Balaban J connectivity index is 1.42. The highest BCUT2D eigenvalue weighted by Gasteiger charge is 2.19. The van der Waals surface area contributed by atoms with E-state index >= 15 is 0 Å². The smallest absolute Gasteiger partial charge is 0.254 e. The summed E-state index contributed by atoms with van der Waals surface area (Å²) in [4.78, 5) is 20.1. The molecule has 0 radical (unpaired) electrons. The fourth-order valence-corrected chi connectivity index (χ4v) is 3.49. The third kappa shape index (κ3) is 6.51. The lowest BCUT2D eigenvalue weighted by atomic mass is 10.1. The average molecular weight is 418 g/mol. The van der Waals surface area contributed by atoms with Gasteiger partial charge in [-0.2, -0.15) is 5.10 Å². The molecular formula is C24H27N5O2. The number of allylic oxidation sites excluding steroid dienone is 1. The van der Waals surface area contributed by atoms with Crippen LogP contribution in [-0.2, 0) is 17.8 Å². The Bertz CT molecular complexity index is 970. The van der Waals surface area contributed by atoms with Crippen molar-refractivity contribution in [2.45, 2.75) is 13.0 Å². The Labute approximate surface area is 183 Å². The minimum Gasteiger partial charge on any atom is -0.507 e. The standard InChI is InChI=1S/C24H27N5O2/c1-3-5-20-6-4-7-21(24(20)31)16-26-27-23(30)18-29-14-12-28(13-15-29)17-19-8-10-22(25-2)11-9-19/h3-4,6-11,16,31H,1,5,12-15,17-18H2,(H,27,30)/b26-16-. The first-order valence-electron chi connectivity index (χ1n) is 10.2. The summed E-state index contributed by atoms with van der Waals surface area (Å²) in [5, 5.41) is 14.2. The number of piperazine rings is 1. The first-order chi connectivity index (χ1) is 15.1. The largest absolute Gasteiger partial charge is 0.507 e. The van der Waals surface area contributed by atoms with Crippen molar-refractivity contribution in [1.82, 2.24) is 15.2 Å². The Morgan fingerprint density at radius 1 is 1.16 bits per heavy atom. The van der Waals surface area contributed by atoms with Crippen LogP contribution in [0.3, 0.4) is 0 Å². The maximum atomic E-state index is 12.2. The van der Waals surface area contributed by atoms with Crippen LogP contribution in [0.2, 0.25) is 0 Å². The van der Waals surface area contributed by atoms with Crippen molar-refractivity contribution in [3.8, 4) is 5.75 Å². The van der Waals surface area contributed by atoms with Crippen LogP contribution in [0.25, 0.3) is 4.85 Å². The lowest BCUT2D eigenvalue weighted by molar-refractivity contribution is -0.122. The van der Waals surface area contributed by atoms with Gasteiger partial charge in [-0.05, 0) is 23.6 Å². The first-order valence-corrected chi connectivity index (χ1v) is 10.2. The Morgan fingerprint density at radius 3 is 2.55 bits per heavy atom. The van der Waals surface area contributed by atoms with Crippen molar-refractivity contribution in [2.24, 2.45) is 5.10 Å². The summed E-state index contributed by atoms with van der Waals surface area (Å²) in [6, 6.07) is 13.1. The molecule has 0 unspecified atom stereocenters. The number of nitrogens with zero attached hydrogens (tertiary/aromatic N) is 4. The van der Waals surface area contributed by atoms with E-state index in [0.29, 0.717) is 17.7 Å². The van der Waals surface area contributed by atoms with Crippen LogP contribution in [0, 0.1) is 6.57 Å². The lowest BCUT2D eigenvalue weighted by Crippen LogP contribution is -2.48. The molecule has 1 fully saturated rings. The van der Waals surface area contributed by atoms with Gasteiger partial charge in [-0.15, -0.1) is 6.58 Å². The normalized spacial score (nSPS) is 14.9. The Kier molecular flexibility index (Phi) is 7.93. The van der Waals surface area contributed by atoms with Gasteiger partial charge < -0.3 is 5.11 Å². The summed E-state index contributed by atoms with van der Waals surface area (Å²) < 4.78 is 0. The highest BCUT2D eigenvalue weighted by molar-refractivity contribution is 5.86. The van der Waals surface area contributed by atoms with Gasteiger partial charge >= 0.3 is 0 Å². The molecule has 1 aliphatic rings. The summed E-state index contributed by atoms with van der Waals surface area (Å²) in [6.07, 6.45) is 3.75. The van der Waals surface area contributed by atoms with Crippen molar-refractivity contribution in [1.29, 1.82) is 0 Å². The molecule has 2 aromatic carbocycles. The molecular weight excluding hydrogens is 390 g/mol. The van der Waals surface area contributed by atoms with E-state index in [1.165, 1.54) is 11.8 Å². The van der Waals surface area contributed by atoms with Crippen molar-refractivity contribution in [2.75, 3.05) is 32.7 Å². The number of amides is 1. The highest BCUT2D eigenvalue weighted by Crippen LogP contribution is 2.21. The molecule has 1 amide bonds. The van der Waals surface area contributed by atoms with E-state index in [9.17, 15) is 9.90 Å². The molecule has 160 valence electrons. The Morgan fingerprint density at radius 2 is 1.87 bits per heavy atom. The van der Waals surface area contributed by atoms with Gasteiger partial charge in [0, 0.05) is 38.3 Å². The number of carbonyl (C=O) groups is 1. The summed E-state index contributed by atoms with van der Waals surface area (Å²) in [5.74, 6) is -0.0265. The number of hydrogen-bond acceptors (Lipinski definition) is 5. The van der Waals surface area contributed by atoms with E-state index in [1.807, 2.05) is 36.4 Å². The second-order valence-electron chi connectivity index (χ2n) is 7.47. The molecule has 1 saturated heterocycles. The number of rotatable bonds is 8. The minimum atomic E-state index is -0.179. The number of phenols is 1. The third-order valence-electron chi connectivity index (χ3n) is 5.21. The van der Waals surface area contributed by atoms with E-state index in [4.69, 9.17) is 6.57 Å². The fourth-order valence-electron chi connectivity index (χ4n) is 3.49. The van der Waals surface area contributed by atoms with Crippen LogP contribution < -0.4 is 5.43 Å². The highest BCUT2D eigenvalue weighted by atomic mass is 16.3. The van der Waals surface area contributed by atoms with Gasteiger partial charge in [0.2, 0.25) is 0 Å². The van der Waals surface area contributed by atoms with Crippen molar-refractivity contribution in [3.05, 3.63) is 83.2 Å². The van der Waals surface area contributed by atoms with Crippen LogP contribution in [0.15, 0.2) is 60.2 Å². The summed E-state index contributed by atoms with van der Waals surface area (Å²) in [5.41, 5.74) is 5.70. The van der Waals surface area contributed by atoms with Crippen LogP contribution >= 0.6 is 0 Å². The zero-order valence-electron chi connectivity index (χ0n) is 17.5. The van der Waals surface area contributed by atoms with E-state index < -0.39 is 0 Å². The van der Waals surface area contributed by atoms with Crippen molar-refractivity contribution in [3.63, 3.8) is 0 Å². The van der Waals surface area contributed by atoms with E-state index in [1.54, 1.807) is 12.1 Å². The van der Waals surface area contributed by atoms with E-state index in [-0.39, 0.29) is 18.2 Å². The topological polar surface area (TPSA) is 72.5 Å². The summed E-state index contributed by atoms with van der Waals surface area (Å²) in [7, 11) is 0. The SMILES string of the molecule is [C-]#[N+]c1ccc(CN2CCN(CC(=O)N/N=C\c3cccc(CC=C)c3O)CC2)cc1. The van der Waals surface area contributed by atoms with Gasteiger partial charge in [-0.3, -0.25) is 14.6 Å². The molecule has 1 heterocycles. The lowest BCUT2D eigenvalue weighted by Gasteiger charge is -2.34. The fraction of sp³-hybridized carbons (Fsp3) is 0.292. The molecule has 0 aromatic heterocycles. The number of carbonyl (C=O) groups excluding carboxylic acids is 1. The van der Waals surface area contributed by atoms with E-state index in [0.717, 1.165) is 38.3 Å². The molecule has 0 atom stereocenters. The number of phenolic OH excluding ortho intramolecular Hbond substituents is 1. The monoisotopic (exact) mass is 417 g/mol. The second kappa shape index (κ2) is 11.1. The maximum absolute atomic E-state index is 12.2. The number of hydrazone groups is 1. The maximum Gasteiger partial charge on any atom is 0.254 e. The molecule has 0 bridgehead atoms. The molecule has 31 heavy (non-hydrogen) atoms. The third-order valence-corrected chi connectivity index (χ3v) is 5.21. The summed E-state index contributed by atoms with van der Waals surface area (Å²) in [6.45, 7) is 15.2. The van der Waals surface area contributed by atoms with Gasteiger partial charge in [-0.1, -0.05) is 42.5 Å². The second-order valence-corrected chi connectivity index (χ2v) is 7.47. The molecule has 7 nitrogen and oxygen atoms in total. The van der Waals surface area contributed by atoms with Gasteiger partial charge in [0.05, 0.1) is 19.3 Å². The number of nitrogens with one attached hydrogen (secondary N) is 1. The van der Waals surface area contributed by atoms with Crippen molar-refractivity contribution >= 4 is 17.8 Å². The quantitative estimate of drug-likeness (QED) is 0.300. The van der Waals surface area contributed by atoms with Crippen LogP contribution in [0.4, 0.5) is 5.69 Å². The number of benzene rings is 2. The van der Waals surface area contributed by atoms with Crippen LogP contribution in [-0.4, -0.2) is 59.8 Å². The van der Waals surface area contributed by atoms with Gasteiger partial charge in [0.15, 0.2) is 5.69 Å².